The fraction of sp³-hybridized carbons (Fsp3) is 0.545. The number of carboxylic acids is 1. The molecule has 0 aliphatic heterocycles. The average molecular weight is 237 g/mol. The van der Waals surface area contributed by atoms with Gasteiger partial charge in [-0.3, -0.25) is 0 Å². The smallest absolute Gasteiger partial charge is 0.329 e. The zero-order valence-corrected chi connectivity index (χ0v) is 9.52. The van der Waals surface area contributed by atoms with Crippen LogP contribution in [0.25, 0.3) is 0 Å². The van der Waals surface area contributed by atoms with E-state index in [9.17, 15) is 9.90 Å². The number of carboxylic acid groups (broad SMARTS) is 1. The summed E-state index contributed by atoms with van der Waals surface area (Å²) in [4.78, 5) is 11.2. The normalized spacial score (nSPS) is 19.4. The van der Waals surface area contributed by atoms with Crippen molar-refractivity contribution in [3.63, 3.8) is 0 Å². The Kier molecular flexibility index (Phi) is 3.23. The summed E-state index contributed by atoms with van der Waals surface area (Å²) in [6.45, 7) is 1.45. The number of carbonyl (C=O) groups is 1. The largest absolute Gasteiger partial charge is 0.480 e. The summed E-state index contributed by atoms with van der Waals surface area (Å²) in [6.07, 6.45) is 6.15. The number of aromatic nitrogens is 3. The van der Waals surface area contributed by atoms with Crippen molar-refractivity contribution in [2.45, 2.75) is 37.8 Å². The lowest BCUT2D eigenvalue weighted by atomic mass is 10.1. The Morgan fingerprint density at radius 1 is 1.53 bits per heavy atom. The van der Waals surface area contributed by atoms with Gasteiger partial charge in [0.05, 0.1) is 6.10 Å². The zero-order valence-electron chi connectivity index (χ0n) is 9.52. The maximum absolute atomic E-state index is 11.2. The second-order valence-corrected chi connectivity index (χ2v) is 4.26. The van der Waals surface area contributed by atoms with Crippen molar-refractivity contribution in [1.29, 1.82) is 0 Å². The third kappa shape index (κ3) is 2.21. The van der Waals surface area contributed by atoms with Crippen molar-refractivity contribution in [3.8, 4) is 0 Å². The third-order valence-corrected chi connectivity index (χ3v) is 2.98. The fourth-order valence-electron chi connectivity index (χ4n) is 2.14. The van der Waals surface area contributed by atoms with E-state index in [1.54, 1.807) is 0 Å². The minimum Gasteiger partial charge on any atom is -0.480 e. The molecule has 0 amide bonds. The molecule has 6 nitrogen and oxygen atoms in total. The molecule has 2 N–H and O–H groups in total. The van der Waals surface area contributed by atoms with Crippen molar-refractivity contribution in [2.24, 2.45) is 0 Å². The van der Waals surface area contributed by atoms with Crippen molar-refractivity contribution in [1.82, 2.24) is 14.8 Å². The Balaban J connectivity index is 2.31. The molecule has 1 aromatic heterocycles. The number of aliphatic hydroxyl groups excluding tert-OH is 1. The van der Waals surface area contributed by atoms with Crippen LogP contribution in [-0.4, -0.2) is 37.1 Å². The number of allylic oxidation sites excluding steroid dienone is 2. The van der Waals surface area contributed by atoms with E-state index in [2.05, 4.69) is 10.2 Å². The highest BCUT2D eigenvalue weighted by Crippen LogP contribution is 2.29. The van der Waals surface area contributed by atoms with Crippen LogP contribution in [0.4, 0.5) is 0 Å². The summed E-state index contributed by atoms with van der Waals surface area (Å²) in [5.41, 5.74) is 0. The number of hydrogen-bond acceptors (Lipinski definition) is 4. The van der Waals surface area contributed by atoms with Crippen molar-refractivity contribution >= 4 is 5.97 Å². The molecule has 0 saturated carbocycles. The number of hydrogen-bond donors (Lipinski definition) is 2. The van der Waals surface area contributed by atoms with Gasteiger partial charge in [0.15, 0.2) is 6.04 Å². The molecule has 92 valence electrons. The molecular weight excluding hydrogens is 222 g/mol. The standard InChI is InChI=1S/C11H15N3O3/c1-7(15)9(11(16)17)14-6-12-13-10(14)8-4-2-3-5-8/h2-3,6-9,15H,4-5H2,1H3,(H,16,17). The van der Waals surface area contributed by atoms with Crippen LogP contribution in [0.15, 0.2) is 18.5 Å². The van der Waals surface area contributed by atoms with Crippen LogP contribution in [0, 0.1) is 0 Å². The van der Waals surface area contributed by atoms with Gasteiger partial charge in [0, 0.05) is 5.92 Å². The monoisotopic (exact) mass is 237 g/mol. The Bertz CT molecular complexity index is 431. The van der Waals surface area contributed by atoms with E-state index in [1.807, 2.05) is 12.2 Å². The summed E-state index contributed by atoms with van der Waals surface area (Å²) < 4.78 is 1.46. The lowest BCUT2D eigenvalue weighted by Gasteiger charge is -2.20. The zero-order chi connectivity index (χ0) is 12.4. The van der Waals surface area contributed by atoms with Crippen LogP contribution in [-0.2, 0) is 4.79 Å². The van der Waals surface area contributed by atoms with E-state index in [0.29, 0.717) is 5.82 Å². The van der Waals surface area contributed by atoms with E-state index < -0.39 is 18.1 Å². The van der Waals surface area contributed by atoms with Gasteiger partial charge in [-0.15, -0.1) is 10.2 Å². The molecule has 2 rings (SSSR count). The maximum atomic E-state index is 11.2. The van der Waals surface area contributed by atoms with Gasteiger partial charge >= 0.3 is 5.97 Å². The molecule has 1 aromatic rings. The number of aliphatic carboxylic acids is 1. The van der Waals surface area contributed by atoms with Gasteiger partial charge in [-0.25, -0.2) is 4.79 Å². The van der Waals surface area contributed by atoms with Crippen LogP contribution >= 0.6 is 0 Å². The Labute approximate surface area is 98.6 Å². The van der Waals surface area contributed by atoms with E-state index in [-0.39, 0.29) is 5.92 Å². The molecule has 0 saturated heterocycles. The topological polar surface area (TPSA) is 88.2 Å². The molecule has 1 aliphatic carbocycles. The minimum absolute atomic E-state index is 0.165. The SMILES string of the molecule is CC(O)C(C(=O)O)n1cnnc1C1CC=CC1. The third-order valence-electron chi connectivity index (χ3n) is 2.98. The van der Waals surface area contributed by atoms with E-state index in [1.165, 1.54) is 17.8 Å². The van der Waals surface area contributed by atoms with Crippen molar-refractivity contribution in [3.05, 3.63) is 24.3 Å². The number of rotatable bonds is 4. The second kappa shape index (κ2) is 4.67. The first kappa shape index (κ1) is 11.8. The quantitative estimate of drug-likeness (QED) is 0.753. The molecule has 0 aromatic carbocycles. The molecule has 0 radical (unpaired) electrons. The van der Waals surface area contributed by atoms with Gasteiger partial charge in [0.2, 0.25) is 0 Å². The minimum atomic E-state index is -1.08. The Morgan fingerprint density at radius 2 is 2.18 bits per heavy atom. The van der Waals surface area contributed by atoms with E-state index in [4.69, 9.17) is 5.11 Å². The lowest BCUT2D eigenvalue weighted by Crippen LogP contribution is -2.30. The molecule has 2 atom stereocenters. The summed E-state index contributed by atoms with van der Waals surface area (Å²) in [5, 5.41) is 26.4. The number of aliphatic hydroxyl groups is 1. The summed E-state index contributed by atoms with van der Waals surface area (Å²) in [6, 6.07) is -1.03. The predicted octanol–water partition coefficient (Wildman–Crippen LogP) is 0.718. The first-order valence-electron chi connectivity index (χ1n) is 5.56. The van der Waals surface area contributed by atoms with E-state index in [0.717, 1.165) is 12.8 Å². The molecule has 0 spiro atoms. The molecule has 2 unspecified atom stereocenters. The van der Waals surface area contributed by atoms with Crippen LogP contribution in [0.5, 0.6) is 0 Å². The van der Waals surface area contributed by atoms with Gasteiger partial charge in [-0.05, 0) is 19.8 Å². The molecule has 6 heteroatoms. The highest BCUT2D eigenvalue weighted by atomic mass is 16.4. The highest BCUT2D eigenvalue weighted by Gasteiger charge is 2.30. The van der Waals surface area contributed by atoms with Gasteiger partial charge in [0.1, 0.15) is 12.2 Å². The second-order valence-electron chi connectivity index (χ2n) is 4.26. The van der Waals surface area contributed by atoms with Crippen molar-refractivity contribution in [2.75, 3.05) is 0 Å². The summed E-state index contributed by atoms with van der Waals surface area (Å²) in [7, 11) is 0. The maximum Gasteiger partial charge on any atom is 0.329 e. The van der Waals surface area contributed by atoms with Crippen LogP contribution in [0.2, 0.25) is 0 Å². The van der Waals surface area contributed by atoms with Gasteiger partial charge in [-0.2, -0.15) is 0 Å². The first-order valence-corrected chi connectivity index (χ1v) is 5.56. The predicted molar refractivity (Wildman–Crippen MR) is 59.5 cm³/mol. The first-order chi connectivity index (χ1) is 8.11. The highest BCUT2D eigenvalue weighted by molar-refractivity contribution is 5.72. The van der Waals surface area contributed by atoms with Crippen LogP contribution in [0.3, 0.4) is 0 Å². The fourth-order valence-corrected chi connectivity index (χ4v) is 2.14. The summed E-state index contributed by atoms with van der Waals surface area (Å²) in [5.74, 6) is -0.284. The molecule has 17 heavy (non-hydrogen) atoms. The lowest BCUT2D eigenvalue weighted by molar-refractivity contribution is -0.144. The molecule has 1 aliphatic rings. The van der Waals surface area contributed by atoms with Crippen LogP contribution < -0.4 is 0 Å². The Morgan fingerprint density at radius 3 is 2.71 bits per heavy atom. The molecule has 0 fully saturated rings. The van der Waals surface area contributed by atoms with Crippen LogP contribution in [0.1, 0.15) is 37.5 Å². The average Bonchev–Trinajstić information content (AvgIpc) is 2.84. The van der Waals surface area contributed by atoms with E-state index >= 15 is 0 Å². The molecular formula is C11H15N3O3. The summed E-state index contributed by atoms with van der Waals surface area (Å²) >= 11 is 0. The van der Waals surface area contributed by atoms with Gasteiger partial charge in [-0.1, -0.05) is 12.2 Å². The van der Waals surface area contributed by atoms with Crippen molar-refractivity contribution < 1.29 is 15.0 Å². The van der Waals surface area contributed by atoms with Gasteiger partial charge in [0.25, 0.3) is 0 Å². The molecule has 0 bridgehead atoms. The molecule has 1 heterocycles. The Hall–Kier alpha value is -1.69. The number of nitrogens with zero attached hydrogens (tertiary/aromatic N) is 3. The van der Waals surface area contributed by atoms with Gasteiger partial charge < -0.3 is 14.8 Å².